The minimum absolute atomic E-state index is 0.0802. The number of fused-ring (bicyclic) bond motifs is 3. The van der Waals surface area contributed by atoms with Crippen molar-refractivity contribution in [2.75, 3.05) is 0 Å². The summed E-state index contributed by atoms with van der Waals surface area (Å²) in [5, 5.41) is 18.5. The van der Waals surface area contributed by atoms with E-state index in [0.717, 1.165) is 24.1 Å². The van der Waals surface area contributed by atoms with Gasteiger partial charge in [0.15, 0.2) is 0 Å². The first-order valence-electron chi connectivity index (χ1n) is 8.20. The van der Waals surface area contributed by atoms with Crippen LogP contribution < -0.4 is 0 Å². The first-order chi connectivity index (χ1) is 11.7. The number of rotatable bonds is 3. The van der Waals surface area contributed by atoms with Crippen molar-refractivity contribution in [1.82, 2.24) is 9.55 Å². The Morgan fingerprint density at radius 3 is 3.04 bits per heavy atom. The van der Waals surface area contributed by atoms with E-state index in [1.54, 1.807) is 6.21 Å². The van der Waals surface area contributed by atoms with Crippen molar-refractivity contribution in [3.63, 3.8) is 0 Å². The van der Waals surface area contributed by atoms with E-state index in [-0.39, 0.29) is 12.0 Å². The normalized spacial score (nSPS) is 25.8. The molecule has 0 amide bonds. The molecule has 3 atom stereocenters. The molecule has 2 aromatic rings. The summed E-state index contributed by atoms with van der Waals surface area (Å²) in [5.74, 6) is 0.0802. The van der Waals surface area contributed by atoms with Crippen molar-refractivity contribution in [3.8, 4) is 11.3 Å². The van der Waals surface area contributed by atoms with E-state index in [1.807, 2.05) is 18.6 Å². The molecule has 122 valence electrons. The Labute approximate surface area is 141 Å². The van der Waals surface area contributed by atoms with Crippen LogP contribution in [0.5, 0.6) is 0 Å². The lowest BCUT2D eigenvalue weighted by atomic mass is 9.76. The van der Waals surface area contributed by atoms with Gasteiger partial charge < -0.3 is 9.67 Å². The summed E-state index contributed by atoms with van der Waals surface area (Å²) in [6, 6.07) is 8.49. The summed E-state index contributed by atoms with van der Waals surface area (Å²) in [4.78, 5) is 4.32. The molecule has 0 spiro atoms. The first kappa shape index (κ1) is 15.0. The second-order valence-corrected chi connectivity index (χ2v) is 6.49. The highest BCUT2D eigenvalue weighted by atomic mass is 16.3. The van der Waals surface area contributed by atoms with Gasteiger partial charge in [0.2, 0.25) is 0 Å². The monoisotopic (exact) mass is 320 g/mol. The number of allylic oxidation sites excluding steroid dienone is 1. The number of aliphatic hydroxyl groups is 1. The van der Waals surface area contributed by atoms with Gasteiger partial charge in [-0.05, 0) is 30.9 Å². The fourth-order valence-electron chi connectivity index (χ4n) is 4.10. The van der Waals surface area contributed by atoms with Crippen LogP contribution in [0, 0.1) is 5.92 Å². The van der Waals surface area contributed by atoms with Crippen LogP contribution in [0.1, 0.15) is 31.4 Å². The van der Waals surface area contributed by atoms with Gasteiger partial charge in [0.1, 0.15) is 0 Å². The maximum atomic E-state index is 11.0. The maximum Gasteiger partial charge on any atom is 0.0956 e. The predicted molar refractivity (Wildman–Crippen MR) is 95.3 cm³/mol. The molecule has 1 N–H and O–H groups in total. The van der Waals surface area contributed by atoms with E-state index in [2.05, 4.69) is 51.6 Å². The molecule has 24 heavy (non-hydrogen) atoms. The van der Waals surface area contributed by atoms with E-state index in [0.29, 0.717) is 0 Å². The zero-order valence-corrected chi connectivity index (χ0v) is 13.6. The Hall–Kier alpha value is -2.53. The molecule has 0 radical (unpaired) electrons. The summed E-state index contributed by atoms with van der Waals surface area (Å²) in [7, 11) is 0. The van der Waals surface area contributed by atoms with Crippen molar-refractivity contribution in [2.24, 2.45) is 16.1 Å². The predicted octanol–water partition coefficient (Wildman–Crippen LogP) is 3.23. The van der Waals surface area contributed by atoms with Gasteiger partial charge in [-0.2, -0.15) is 10.2 Å². The highest BCUT2D eigenvalue weighted by Gasteiger charge is 2.40. The van der Waals surface area contributed by atoms with Gasteiger partial charge in [0.25, 0.3) is 0 Å². The highest BCUT2D eigenvalue weighted by Crippen LogP contribution is 2.47. The Balaban J connectivity index is 1.77. The molecule has 1 aromatic heterocycles. The lowest BCUT2D eigenvalue weighted by Gasteiger charge is -2.35. The first-order valence-corrected chi connectivity index (χ1v) is 8.20. The van der Waals surface area contributed by atoms with Gasteiger partial charge in [-0.15, -0.1) is 0 Å². The topological polar surface area (TPSA) is 62.8 Å². The van der Waals surface area contributed by atoms with Crippen molar-refractivity contribution < 1.29 is 5.11 Å². The lowest BCUT2D eigenvalue weighted by molar-refractivity contribution is 0.108. The summed E-state index contributed by atoms with van der Waals surface area (Å²) >= 11 is 0. The number of aromatic nitrogens is 2. The number of hydrogen-bond acceptors (Lipinski definition) is 4. The van der Waals surface area contributed by atoms with Gasteiger partial charge >= 0.3 is 0 Å². The summed E-state index contributed by atoms with van der Waals surface area (Å²) < 4.78 is 2.19. The van der Waals surface area contributed by atoms with Crippen molar-refractivity contribution in [2.45, 2.75) is 31.9 Å². The van der Waals surface area contributed by atoms with Crippen LogP contribution >= 0.6 is 0 Å². The van der Waals surface area contributed by atoms with Crippen molar-refractivity contribution in [3.05, 3.63) is 53.5 Å². The van der Waals surface area contributed by atoms with E-state index in [4.69, 9.17) is 0 Å². The molecule has 0 bridgehead atoms. The average molecular weight is 320 g/mol. The van der Waals surface area contributed by atoms with Crippen LogP contribution in [0.4, 0.5) is 0 Å². The van der Waals surface area contributed by atoms with Crippen LogP contribution in [-0.2, 0) is 0 Å². The molecule has 3 unspecified atom stereocenters. The smallest absolute Gasteiger partial charge is 0.0956 e. The molecule has 2 heterocycles. The Kier molecular flexibility index (Phi) is 3.65. The molecule has 0 saturated heterocycles. The molecular formula is C19H20N4O. The van der Waals surface area contributed by atoms with Crippen LogP contribution in [-0.4, -0.2) is 33.7 Å². The third kappa shape index (κ3) is 2.16. The minimum Gasteiger partial charge on any atom is -0.388 e. The summed E-state index contributed by atoms with van der Waals surface area (Å²) in [6.07, 6.45) is 6.73. The van der Waals surface area contributed by atoms with E-state index in [1.165, 1.54) is 16.7 Å². The van der Waals surface area contributed by atoms with Crippen molar-refractivity contribution >= 4 is 12.9 Å². The molecule has 4 rings (SSSR count). The fourth-order valence-corrected chi connectivity index (χ4v) is 4.10. The number of benzene rings is 1. The number of imidazole rings is 1. The van der Waals surface area contributed by atoms with Gasteiger partial charge in [-0.1, -0.05) is 29.8 Å². The van der Waals surface area contributed by atoms with Gasteiger partial charge in [-0.25, -0.2) is 4.98 Å². The number of nitrogens with zero attached hydrogens (tertiary/aromatic N) is 4. The van der Waals surface area contributed by atoms with Gasteiger partial charge in [0.05, 0.1) is 36.6 Å². The SMILES string of the molecule is C=N/N=C\C1=C(C)CCC(C2c3ccccc3-c3cncn32)C1O. The third-order valence-electron chi connectivity index (χ3n) is 5.27. The lowest BCUT2D eigenvalue weighted by Crippen LogP contribution is -2.34. The summed E-state index contributed by atoms with van der Waals surface area (Å²) in [6.45, 7) is 5.43. The van der Waals surface area contributed by atoms with Crippen LogP contribution in [0.15, 0.2) is 58.1 Å². The molecular weight excluding hydrogens is 300 g/mol. The Bertz CT molecular complexity index is 849. The Morgan fingerprint density at radius 2 is 2.21 bits per heavy atom. The molecule has 0 saturated carbocycles. The molecule has 2 aliphatic rings. The number of hydrogen-bond donors (Lipinski definition) is 1. The average Bonchev–Trinajstić information content (AvgIpc) is 3.16. The fraction of sp³-hybridized carbons (Fsp3) is 0.316. The molecule has 1 aromatic carbocycles. The quantitative estimate of drug-likeness (QED) is 0.697. The maximum absolute atomic E-state index is 11.0. The molecule has 0 fully saturated rings. The zero-order valence-electron chi connectivity index (χ0n) is 13.6. The molecule has 1 aliphatic heterocycles. The van der Waals surface area contributed by atoms with Crippen molar-refractivity contribution in [1.29, 1.82) is 0 Å². The van der Waals surface area contributed by atoms with E-state index in [9.17, 15) is 5.11 Å². The van der Waals surface area contributed by atoms with Gasteiger partial charge in [-0.3, -0.25) is 0 Å². The van der Waals surface area contributed by atoms with E-state index >= 15 is 0 Å². The standard InChI is InChI=1S/C19H20N4O/c1-12-7-8-15(19(24)16(12)9-22-20-2)18-14-6-4-3-5-13(14)17-10-21-11-23(17)18/h3-6,9-11,15,18-19,24H,2,7-8H2,1H3/b22-9-. The summed E-state index contributed by atoms with van der Waals surface area (Å²) in [5.41, 5.74) is 5.63. The van der Waals surface area contributed by atoms with Crippen LogP contribution in [0.2, 0.25) is 0 Å². The Morgan fingerprint density at radius 1 is 1.38 bits per heavy atom. The van der Waals surface area contributed by atoms with Gasteiger partial charge in [0, 0.05) is 18.2 Å². The van der Waals surface area contributed by atoms with Crippen LogP contribution in [0.25, 0.3) is 11.3 Å². The second kappa shape index (κ2) is 5.83. The highest BCUT2D eigenvalue weighted by molar-refractivity contribution is 5.81. The third-order valence-corrected chi connectivity index (χ3v) is 5.27. The molecule has 5 heteroatoms. The van der Waals surface area contributed by atoms with E-state index < -0.39 is 6.10 Å². The van der Waals surface area contributed by atoms with Crippen LogP contribution in [0.3, 0.4) is 0 Å². The molecule has 1 aliphatic carbocycles. The number of aliphatic hydroxyl groups excluding tert-OH is 1. The minimum atomic E-state index is -0.573. The second-order valence-electron chi connectivity index (χ2n) is 6.49. The molecule has 5 nitrogen and oxygen atoms in total. The zero-order chi connectivity index (χ0) is 16.7. The largest absolute Gasteiger partial charge is 0.388 e.